The lowest BCUT2D eigenvalue weighted by Gasteiger charge is -2.26. The number of carbonyl (C=O) groups excluding carboxylic acids is 7. The molecular formula is C73H110N6O17. The van der Waals surface area contributed by atoms with Gasteiger partial charge in [0.05, 0.1) is 136 Å². The number of rotatable bonds is 54. The average molecular weight is 1340 g/mol. The molecule has 23 nitrogen and oxygen atoms in total. The van der Waals surface area contributed by atoms with Crippen LogP contribution in [0.15, 0.2) is 48.5 Å². The summed E-state index contributed by atoms with van der Waals surface area (Å²) in [6.07, 6.45) is 7.57. The number of para-hydroxylation sites is 1. The molecule has 0 saturated carbocycles. The zero-order valence-corrected chi connectivity index (χ0v) is 58.2. The molecule has 0 radical (unpaired) electrons. The van der Waals surface area contributed by atoms with Crippen molar-refractivity contribution in [3.05, 3.63) is 76.6 Å². The van der Waals surface area contributed by atoms with Gasteiger partial charge in [-0.1, -0.05) is 108 Å². The molecule has 0 saturated heterocycles. The van der Waals surface area contributed by atoms with Gasteiger partial charge in [-0.2, -0.15) is 0 Å². The largest absolute Gasteiger partial charge is 0.379 e. The van der Waals surface area contributed by atoms with Crippen LogP contribution >= 0.6 is 0 Å². The van der Waals surface area contributed by atoms with Crippen molar-refractivity contribution < 1.29 is 80.9 Å². The first-order chi connectivity index (χ1) is 46.7. The predicted octanol–water partition coefficient (Wildman–Crippen LogP) is 8.30. The number of carbonyl (C=O) groups is 7. The Morgan fingerprint density at radius 1 is 0.604 bits per heavy atom. The number of benzene rings is 2. The molecule has 3 aromatic rings. The fraction of sp³-hybridized carbons (Fsp3) is 0.685. The highest BCUT2D eigenvalue weighted by molar-refractivity contribution is 5.97. The third-order valence-corrected chi connectivity index (χ3v) is 16.4. The first-order valence-electron chi connectivity index (χ1n) is 35.1. The average Bonchev–Trinajstić information content (AvgIpc) is 0.991. The molecular weight excluding hydrogens is 1230 g/mol. The van der Waals surface area contributed by atoms with E-state index >= 15 is 0 Å². The van der Waals surface area contributed by atoms with Gasteiger partial charge in [0.25, 0.3) is 0 Å². The van der Waals surface area contributed by atoms with Crippen molar-refractivity contribution in [2.24, 2.45) is 23.7 Å². The van der Waals surface area contributed by atoms with Crippen molar-refractivity contribution in [3.8, 4) is 11.8 Å². The fourth-order valence-corrected chi connectivity index (χ4v) is 11.1. The number of ether oxygens (including phenoxy) is 10. The number of fused-ring (bicyclic) bond motifs is 3. The second-order valence-corrected chi connectivity index (χ2v) is 25.0. The van der Waals surface area contributed by atoms with Crippen LogP contribution in [0.3, 0.4) is 0 Å². The molecule has 4 atom stereocenters. The quantitative estimate of drug-likeness (QED) is 0.0397. The van der Waals surface area contributed by atoms with Gasteiger partial charge in [0.1, 0.15) is 35.8 Å². The Kier molecular flexibility index (Phi) is 40.7. The number of Topliss-reactive ketones (excluding diaryl/α,β-unsaturated/α-hetero) is 4. The van der Waals surface area contributed by atoms with Crippen molar-refractivity contribution in [2.75, 3.05) is 137 Å². The van der Waals surface area contributed by atoms with Gasteiger partial charge in [-0.15, -0.1) is 5.10 Å². The van der Waals surface area contributed by atoms with E-state index in [4.69, 9.17) is 47.4 Å². The summed E-state index contributed by atoms with van der Waals surface area (Å²) in [6, 6.07) is 14.5. The Bertz CT molecular complexity index is 2830. The standard InChI is InChI=1S/C73H110N6O17/c1-7-33-87-37-41-91-45-49-95-50-48-94-44-40-90-36-32-79-65-24-9-8-10-25-67(71(65)76-77-79)96-54-68(83)74-31-16-15-20-60(73(86)75-70(55(2)3)66(82)51-57(6)72(85)56(4)5)52-63(81)30-35-89-39-43-93-47-46-92-42-38-88-34-17-22-62(80)28-29-69(84)78-53-61-21-12-11-18-58(61)26-27-59-19-13-14-23-64(59)78/h11-14,18-19,21,23,55-57,60,67,70H,7-10,15-17,20,22,24-25,28-54H2,1-6H3,(H,74,83)(H,75,86)/t57-,60+,67?,70+/m1/s1. The number of hydrogen-bond acceptors (Lipinski definition) is 19. The van der Waals surface area contributed by atoms with Crippen LogP contribution < -0.4 is 15.5 Å². The second kappa shape index (κ2) is 48.5. The zero-order chi connectivity index (χ0) is 69.0. The second-order valence-electron chi connectivity index (χ2n) is 25.0. The molecule has 2 aromatic carbocycles. The van der Waals surface area contributed by atoms with Crippen LogP contribution in [-0.2, 0) is 100 Å². The SMILES string of the molecule is CCCOCCOCCOCCOCCOCCn1nnc2c1CCCCCC2OCC(=O)NCCCC[C@@H](CC(=O)CCOCCOCCOCCOCCCC(=O)CCC(=O)N1Cc2ccccc2C#Cc2ccccc21)C(=O)N[C@H](C(=O)C[C@@H](C)C(=O)C(C)C)C(C)C. The molecule has 534 valence electrons. The molecule has 3 amide bonds. The summed E-state index contributed by atoms with van der Waals surface area (Å²) in [5.41, 5.74) is 5.10. The summed E-state index contributed by atoms with van der Waals surface area (Å²) in [5.74, 6) is 3.49. The molecule has 2 heterocycles. The number of amides is 3. The number of nitrogens with zero attached hydrogens (tertiary/aromatic N) is 4. The summed E-state index contributed by atoms with van der Waals surface area (Å²) in [5, 5.41) is 14.8. The van der Waals surface area contributed by atoms with Crippen molar-refractivity contribution in [1.82, 2.24) is 25.6 Å². The van der Waals surface area contributed by atoms with Gasteiger partial charge >= 0.3 is 0 Å². The van der Waals surface area contributed by atoms with E-state index in [9.17, 15) is 33.6 Å². The van der Waals surface area contributed by atoms with E-state index in [1.807, 2.05) is 67.1 Å². The first-order valence-corrected chi connectivity index (χ1v) is 35.1. The van der Waals surface area contributed by atoms with Crippen LogP contribution in [0.1, 0.15) is 172 Å². The summed E-state index contributed by atoms with van der Waals surface area (Å²) >= 11 is 0. The van der Waals surface area contributed by atoms with Crippen LogP contribution in [0.4, 0.5) is 5.69 Å². The van der Waals surface area contributed by atoms with Crippen LogP contribution in [0.2, 0.25) is 0 Å². The molecule has 2 aliphatic rings. The Labute approximate surface area is 569 Å². The maximum Gasteiger partial charge on any atom is 0.246 e. The molecule has 1 aliphatic carbocycles. The summed E-state index contributed by atoms with van der Waals surface area (Å²) in [6.45, 7) is 19.7. The summed E-state index contributed by atoms with van der Waals surface area (Å²) < 4.78 is 58.6. The van der Waals surface area contributed by atoms with Gasteiger partial charge in [-0.25, -0.2) is 4.68 Å². The molecule has 0 bridgehead atoms. The lowest BCUT2D eigenvalue weighted by molar-refractivity contribution is -0.135. The maximum absolute atomic E-state index is 14.0. The normalized spacial score (nSPS) is 14.6. The minimum Gasteiger partial charge on any atom is -0.379 e. The summed E-state index contributed by atoms with van der Waals surface area (Å²) in [7, 11) is 0. The van der Waals surface area contributed by atoms with Gasteiger partial charge in [-0.3, -0.25) is 33.6 Å². The highest BCUT2D eigenvalue weighted by Crippen LogP contribution is 2.30. The smallest absolute Gasteiger partial charge is 0.246 e. The van der Waals surface area contributed by atoms with Crippen molar-refractivity contribution in [1.29, 1.82) is 0 Å². The Morgan fingerprint density at radius 3 is 1.84 bits per heavy atom. The third-order valence-electron chi connectivity index (χ3n) is 16.4. The van der Waals surface area contributed by atoms with E-state index < -0.39 is 23.8 Å². The number of anilines is 1. The highest BCUT2D eigenvalue weighted by Gasteiger charge is 2.32. The van der Waals surface area contributed by atoms with Gasteiger partial charge in [0, 0.05) is 87.2 Å². The maximum atomic E-state index is 14.0. The van der Waals surface area contributed by atoms with Crippen molar-refractivity contribution in [2.45, 2.75) is 170 Å². The number of nitrogens with one attached hydrogen (secondary N) is 2. The van der Waals surface area contributed by atoms with Crippen molar-refractivity contribution in [3.63, 3.8) is 0 Å². The molecule has 96 heavy (non-hydrogen) atoms. The number of ketones is 4. The molecule has 0 fully saturated rings. The lowest BCUT2D eigenvalue weighted by atomic mass is 9.87. The van der Waals surface area contributed by atoms with E-state index in [-0.39, 0.29) is 111 Å². The molecule has 2 N–H and O–H groups in total. The lowest BCUT2D eigenvalue weighted by Crippen LogP contribution is -2.47. The first kappa shape index (κ1) is 80.5. The minimum atomic E-state index is -0.834. The Hall–Kier alpha value is -6.17. The molecule has 0 spiro atoms. The van der Waals surface area contributed by atoms with E-state index in [1.54, 1.807) is 25.7 Å². The molecule has 1 aliphatic heterocycles. The number of unbranched alkanes of at least 4 members (excludes halogenated alkanes) is 1. The third kappa shape index (κ3) is 32.0. The van der Waals surface area contributed by atoms with Gasteiger partial charge in [-0.05, 0) is 74.6 Å². The zero-order valence-electron chi connectivity index (χ0n) is 58.2. The molecule has 23 heteroatoms. The molecule has 1 aromatic heterocycles. The van der Waals surface area contributed by atoms with Crippen molar-refractivity contribution >= 4 is 46.5 Å². The number of aromatic nitrogens is 3. The Morgan fingerprint density at radius 2 is 1.20 bits per heavy atom. The fourth-order valence-electron chi connectivity index (χ4n) is 11.1. The van der Waals surface area contributed by atoms with E-state index in [0.717, 1.165) is 72.5 Å². The van der Waals surface area contributed by atoms with E-state index in [2.05, 4.69) is 39.7 Å². The molecule has 5 rings (SSSR count). The van der Waals surface area contributed by atoms with Gasteiger partial charge in [0.15, 0.2) is 5.78 Å². The minimum absolute atomic E-state index is 0.000957. The molecule has 1 unspecified atom stereocenters. The van der Waals surface area contributed by atoms with E-state index in [1.165, 1.54) is 0 Å². The van der Waals surface area contributed by atoms with Crippen LogP contribution in [0.25, 0.3) is 0 Å². The summed E-state index contributed by atoms with van der Waals surface area (Å²) in [4.78, 5) is 94.8. The van der Waals surface area contributed by atoms with Crippen LogP contribution in [0, 0.1) is 35.5 Å². The Balaban J connectivity index is 0.936. The monoisotopic (exact) mass is 1340 g/mol. The number of hydrogen-bond donors (Lipinski definition) is 2. The van der Waals surface area contributed by atoms with Gasteiger partial charge in [0.2, 0.25) is 17.7 Å². The van der Waals surface area contributed by atoms with Crippen LogP contribution in [0.5, 0.6) is 0 Å². The van der Waals surface area contributed by atoms with E-state index in [0.29, 0.717) is 151 Å². The van der Waals surface area contributed by atoms with Gasteiger partial charge < -0.3 is 62.9 Å². The van der Waals surface area contributed by atoms with Crippen LogP contribution in [-0.4, -0.2) is 194 Å². The topological polar surface area (TPSA) is 270 Å². The predicted molar refractivity (Wildman–Crippen MR) is 362 cm³/mol. The highest BCUT2D eigenvalue weighted by atomic mass is 16.6.